The number of hydrogen-bond acceptors (Lipinski definition) is 7. The molecule has 36 heavy (non-hydrogen) atoms. The molecule has 0 radical (unpaired) electrons. The van der Waals surface area contributed by atoms with Gasteiger partial charge >= 0.3 is 0 Å². The quantitative estimate of drug-likeness (QED) is 0.548. The van der Waals surface area contributed by atoms with Crippen LogP contribution in [0.4, 0.5) is 5.69 Å². The maximum Gasteiger partial charge on any atom is 0.238 e. The van der Waals surface area contributed by atoms with Crippen LogP contribution in [0.25, 0.3) is 0 Å². The molecular formula is C28H33N5O3. The van der Waals surface area contributed by atoms with Gasteiger partial charge in [-0.15, -0.1) is 0 Å². The maximum atomic E-state index is 13.0. The standard InChI is InChI=1S/C28H33N5O3/c34-28(31-24-7-8-26-27(16-24)36-14-4-13-35-26)21-33-12-11-32(18-22-5-2-1-3-6-22)19-23(20-33)15-25-17-29-9-10-30-25/h1-3,5-10,16-17,23H,4,11-15,18-21H2,(H,31,34)/t23-/m1/s1. The van der Waals surface area contributed by atoms with Gasteiger partial charge in [-0.05, 0) is 30.0 Å². The van der Waals surface area contributed by atoms with Crippen LogP contribution in [0.15, 0.2) is 67.1 Å². The summed E-state index contributed by atoms with van der Waals surface area (Å²) in [6.07, 6.45) is 6.97. The van der Waals surface area contributed by atoms with Gasteiger partial charge in [-0.2, -0.15) is 0 Å². The minimum Gasteiger partial charge on any atom is -0.490 e. The van der Waals surface area contributed by atoms with Crippen LogP contribution in [-0.2, 0) is 17.8 Å². The molecule has 0 aliphatic carbocycles. The number of benzene rings is 2. The van der Waals surface area contributed by atoms with Crippen molar-refractivity contribution in [1.29, 1.82) is 0 Å². The van der Waals surface area contributed by atoms with E-state index in [-0.39, 0.29) is 5.91 Å². The number of amides is 1. The fourth-order valence-electron chi connectivity index (χ4n) is 4.89. The van der Waals surface area contributed by atoms with Crippen LogP contribution >= 0.6 is 0 Å². The second kappa shape index (κ2) is 12.0. The summed E-state index contributed by atoms with van der Waals surface area (Å²) in [4.78, 5) is 26.5. The van der Waals surface area contributed by atoms with Crippen molar-refractivity contribution in [2.45, 2.75) is 19.4 Å². The smallest absolute Gasteiger partial charge is 0.238 e. The van der Waals surface area contributed by atoms with Gasteiger partial charge in [0.25, 0.3) is 0 Å². The van der Waals surface area contributed by atoms with Gasteiger partial charge < -0.3 is 14.8 Å². The summed E-state index contributed by atoms with van der Waals surface area (Å²) in [5.74, 6) is 1.72. The summed E-state index contributed by atoms with van der Waals surface area (Å²) in [7, 11) is 0. The number of anilines is 1. The molecule has 0 bridgehead atoms. The summed E-state index contributed by atoms with van der Waals surface area (Å²) in [5.41, 5.74) is 3.01. The van der Waals surface area contributed by atoms with Gasteiger partial charge in [0.2, 0.25) is 5.91 Å². The predicted molar refractivity (Wildman–Crippen MR) is 138 cm³/mol. The van der Waals surface area contributed by atoms with Crippen molar-refractivity contribution in [3.63, 3.8) is 0 Å². The first-order chi connectivity index (χ1) is 17.7. The number of ether oxygens (including phenoxy) is 2. The molecule has 188 valence electrons. The minimum atomic E-state index is -0.0285. The van der Waals surface area contributed by atoms with Crippen LogP contribution in [-0.4, -0.2) is 71.6 Å². The minimum absolute atomic E-state index is 0.0285. The van der Waals surface area contributed by atoms with E-state index in [4.69, 9.17) is 9.47 Å². The summed E-state index contributed by atoms with van der Waals surface area (Å²) in [5, 5.41) is 3.04. The SMILES string of the molecule is O=C(CN1CCN(Cc2ccccc2)C[C@@H](Cc2cnccn2)C1)Nc1ccc2c(c1)OCCCO2. The van der Waals surface area contributed by atoms with Crippen molar-refractivity contribution in [1.82, 2.24) is 19.8 Å². The second-order valence-electron chi connectivity index (χ2n) is 9.48. The average Bonchev–Trinajstić information content (AvgIpc) is 3.23. The molecule has 1 fully saturated rings. The van der Waals surface area contributed by atoms with Crippen LogP contribution in [0, 0.1) is 5.92 Å². The highest BCUT2D eigenvalue weighted by molar-refractivity contribution is 5.92. The molecule has 1 amide bonds. The van der Waals surface area contributed by atoms with Crippen molar-refractivity contribution in [3.8, 4) is 11.5 Å². The van der Waals surface area contributed by atoms with E-state index in [0.717, 1.165) is 62.7 Å². The first-order valence-corrected chi connectivity index (χ1v) is 12.6. The zero-order chi connectivity index (χ0) is 24.6. The number of hydrogen-bond donors (Lipinski definition) is 1. The Balaban J connectivity index is 1.23. The first kappa shape index (κ1) is 24.2. The fourth-order valence-corrected chi connectivity index (χ4v) is 4.89. The van der Waals surface area contributed by atoms with Gasteiger partial charge in [0.05, 0.1) is 25.5 Å². The predicted octanol–water partition coefficient (Wildman–Crippen LogP) is 3.25. The van der Waals surface area contributed by atoms with E-state index in [2.05, 4.69) is 49.4 Å². The topological polar surface area (TPSA) is 79.8 Å². The highest BCUT2D eigenvalue weighted by Crippen LogP contribution is 2.32. The number of fused-ring (bicyclic) bond motifs is 1. The molecule has 5 rings (SSSR count). The lowest BCUT2D eigenvalue weighted by Crippen LogP contribution is -2.37. The molecule has 1 aromatic heterocycles. The highest BCUT2D eigenvalue weighted by atomic mass is 16.5. The number of nitrogens with zero attached hydrogens (tertiary/aromatic N) is 4. The van der Waals surface area contributed by atoms with Crippen molar-refractivity contribution in [2.24, 2.45) is 5.92 Å². The number of aromatic nitrogens is 2. The van der Waals surface area contributed by atoms with Crippen LogP contribution in [0.3, 0.4) is 0 Å². The lowest BCUT2D eigenvalue weighted by molar-refractivity contribution is -0.117. The molecule has 8 nitrogen and oxygen atoms in total. The molecule has 8 heteroatoms. The van der Waals surface area contributed by atoms with E-state index < -0.39 is 0 Å². The van der Waals surface area contributed by atoms with Gasteiger partial charge in [0.15, 0.2) is 11.5 Å². The van der Waals surface area contributed by atoms with E-state index in [1.54, 1.807) is 12.4 Å². The van der Waals surface area contributed by atoms with Gasteiger partial charge in [-0.3, -0.25) is 24.6 Å². The van der Waals surface area contributed by atoms with Crippen molar-refractivity contribution in [2.75, 3.05) is 51.3 Å². The first-order valence-electron chi connectivity index (χ1n) is 12.6. The Morgan fingerprint density at radius 2 is 1.78 bits per heavy atom. The summed E-state index contributed by atoms with van der Waals surface area (Å²) in [6, 6.07) is 16.1. The lowest BCUT2D eigenvalue weighted by atomic mass is 10.0. The lowest BCUT2D eigenvalue weighted by Gasteiger charge is -2.24. The van der Waals surface area contributed by atoms with Crippen LogP contribution in [0.5, 0.6) is 11.5 Å². The molecule has 2 aliphatic heterocycles. The number of carbonyl (C=O) groups excluding carboxylic acids is 1. The second-order valence-corrected chi connectivity index (χ2v) is 9.48. The molecule has 2 aromatic carbocycles. The van der Waals surface area contributed by atoms with Crippen molar-refractivity contribution >= 4 is 11.6 Å². The van der Waals surface area contributed by atoms with Gasteiger partial charge in [0, 0.05) is 69.5 Å². The Hall–Kier alpha value is -3.49. The number of nitrogens with one attached hydrogen (secondary N) is 1. The molecule has 0 saturated carbocycles. The Bertz CT molecular complexity index is 1130. The molecular weight excluding hydrogens is 454 g/mol. The molecule has 3 heterocycles. The van der Waals surface area contributed by atoms with Gasteiger partial charge in [-0.25, -0.2) is 0 Å². The van der Waals surface area contributed by atoms with Crippen molar-refractivity contribution in [3.05, 3.63) is 78.4 Å². The third-order valence-electron chi connectivity index (χ3n) is 6.53. The average molecular weight is 488 g/mol. The number of rotatable bonds is 7. The molecule has 1 atom stereocenters. The van der Waals surface area contributed by atoms with E-state index in [9.17, 15) is 4.79 Å². The maximum absolute atomic E-state index is 13.0. The third-order valence-corrected chi connectivity index (χ3v) is 6.53. The molecule has 1 saturated heterocycles. The highest BCUT2D eigenvalue weighted by Gasteiger charge is 2.25. The molecule has 2 aliphatic rings. The van der Waals surface area contributed by atoms with Crippen LogP contribution < -0.4 is 14.8 Å². The monoisotopic (exact) mass is 487 g/mol. The Labute approximate surface area is 212 Å². The largest absolute Gasteiger partial charge is 0.490 e. The fraction of sp³-hybridized carbons (Fsp3) is 0.393. The Morgan fingerprint density at radius 1 is 0.972 bits per heavy atom. The third kappa shape index (κ3) is 6.80. The van der Waals surface area contributed by atoms with Gasteiger partial charge in [-0.1, -0.05) is 30.3 Å². The summed E-state index contributed by atoms with van der Waals surface area (Å²) >= 11 is 0. The molecule has 0 spiro atoms. The van der Waals surface area contributed by atoms with Gasteiger partial charge in [0.1, 0.15) is 0 Å². The van der Waals surface area contributed by atoms with E-state index in [1.807, 2.05) is 30.5 Å². The Kier molecular flexibility index (Phi) is 8.05. The zero-order valence-electron chi connectivity index (χ0n) is 20.5. The summed E-state index contributed by atoms with van der Waals surface area (Å²) < 4.78 is 11.5. The molecule has 3 aromatic rings. The summed E-state index contributed by atoms with van der Waals surface area (Å²) in [6.45, 7) is 6.01. The van der Waals surface area contributed by atoms with Crippen LogP contribution in [0.1, 0.15) is 17.7 Å². The zero-order valence-corrected chi connectivity index (χ0v) is 20.5. The number of carbonyl (C=O) groups is 1. The van der Waals surface area contributed by atoms with E-state index >= 15 is 0 Å². The Morgan fingerprint density at radius 3 is 2.61 bits per heavy atom. The molecule has 0 unspecified atom stereocenters. The van der Waals surface area contributed by atoms with E-state index in [1.165, 1.54) is 5.56 Å². The normalized spacial score (nSPS) is 18.7. The van der Waals surface area contributed by atoms with Crippen LogP contribution in [0.2, 0.25) is 0 Å². The van der Waals surface area contributed by atoms with Crippen molar-refractivity contribution < 1.29 is 14.3 Å². The molecule has 1 N–H and O–H groups in total. The van der Waals surface area contributed by atoms with E-state index in [0.29, 0.717) is 31.4 Å².